The van der Waals surface area contributed by atoms with Crippen LogP contribution in [0.15, 0.2) is 48.5 Å². The second-order valence-electron chi connectivity index (χ2n) is 3.85. The average molecular weight is 295 g/mol. The van der Waals surface area contributed by atoms with Gasteiger partial charge in [0.25, 0.3) is 0 Å². The molecule has 0 radical (unpaired) electrons. The molecule has 0 heterocycles. The number of carbonyl (C=O) groups excluding carboxylic acids is 1. The maximum Gasteiger partial charge on any atom is 0.188 e. The highest BCUT2D eigenvalue weighted by Gasteiger charge is 2.07. The van der Waals surface area contributed by atoms with Crippen molar-refractivity contribution in [3.8, 4) is 0 Å². The summed E-state index contributed by atoms with van der Waals surface area (Å²) in [6, 6.07) is 10.8. The van der Waals surface area contributed by atoms with Crippen molar-refractivity contribution in [2.75, 3.05) is 0 Å². The first kappa shape index (κ1) is 13.8. The number of benzene rings is 2. The predicted octanol–water partition coefficient (Wildman–Crippen LogP) is 5.03. The van der Waals surface area contributed by atoms with Gasteiger partial charge in [-0.3, -0.25) is 4.79 Å². The molecule has 0 spiro atoms. The second kappa shape index (κ2) is 6.00. The standard InChI is InChI=1S/C15H9Cl2FO/c16-12-7-5-10(9-13(12)17)6-8-15(19)11-3-1-2-4-14(11)18/h1-9H. The Morgan fingerprint density at radius 2 is 1.79 bits per heavy atom. The molecule has 0 aliphatic heterocycles. The quantitative estimate of drug-likeness (QED) is 0.573. The Labute approximate surface area is 120 Å². The van der Waals surface area contributed by atoms with E-state index in [4.69, 9.17) is 23.2 Å². The normalized spacial score (nSPS) is 10.9. The number of hydrogen-bond acceptors (Lipinski definition) is 1. The highest BCUT2D eigenvalue weighted by Crippen LogP contribution is 2.23. The third-order valence-corrected chi connectivity index (χ3v) is 3.25. The Balaban J connectivity index is 2.21. The highest BCUT2D eigenvalue weighted by atomic mass is 35.5. The van der Waals surface area contributed by atoms with Crippen LogP contribution in [0.5, 0.6) is 0 Å². The summed E-state index contributed by atoms with van der Waals surface area (Å²) in [5.41, 5.74) is 0.762. The Morgan fingerprint density at radius 1 is 1.05 bits per heavy atom. The minimum absolute atomic E-state index is 0.0406. The predicted molar refractivity (Wildman–Crippen MR) is 76.2 cm³/mol. The minimum atomic E-state index is -0.536. The monoisotopic (exact) mass is 294 g/mol. The summed E-state index contributed by atoms with van der Waals surface area (Å²) in [4.78, 5) is 11.8. The zero-order valence-electron chi connectivity index (χ0n) is 9.74. The van der Waals surface area contributed by atoms with Gasteiger partial charge in [0.15, 0.2) is 5.78 Å². The molecule has 0 fully saturated rings. The molecule has 2 aromatic rings. The molecule has 19 heavy (non-hydrogen) atoms. The molecule has 0 N–H and O–H groups in total. The van der Waals surface area contributed by atoms with Crippen molar-refractivity contribution in [2.45, 2.75) is 0 Å². The van der Waals surface area contributed by atoms with Crippen LogP contribution in [0.25, 0.3) is 6.08 Å². The fourth-order valence-electron chi connectivity index (χ4n) is 1.54. The van der Waals surface area contributed by atoms with E-state index < -0.39 is 11.6 Å². The van der Waals surface area contributed by atoms with Gasteiger partial charge in [0.05, 0.1) is 15.6 Å². The highest BCUT2D eigenvalue weighted by molar-refractivity contribution is 6.42. The molecule has 4 heteroatoms. The van der Waals surface area contributed by atoms with Crippen molar-refractivity contribution in [1.82, 2.24) is 0 Å². The first-order valence-corrected chi connectivity index (χ1v) is 6.25. The molecular weight excluding hydrogens is 286 g/mol. The van der Waals surface area contributed by atoms with Crippen LogP contribution in [0, 0.1) is 5.82 Å². The molecule has 0 amide bonds. The van der Waals surface area contributed by atoms with Gasteiger partial charge in [0.2, 0.25) is 0 Å². The van der Waals surface area contributed by atoms with E-state index >= 15 is 0 Å². The van der Waals surface area contributed by atoms with Crippen LogP contribution in [0.4, 0.5) is 4.39 Å². The smallest absolute Gasteiger partial charge is 0.188 e. The third-order valence-electron chi connectivity index (χ3n) is 2.51. The molecule has 2 aromatic carbocycles. The lowest BCUT2D eigenvalue weighted by atomic mass is 10.1. The van der Waals surface area contributed by atoms with Gasteiger partial charge >= 0.3 is 0 Å². The second-order valence-corrected chi connectivity index (χ2v) is 4.67. The van der Waals surface area contributed by atoms with Gasteiger partial charge in [0, 0.05) is 0 Å². The van der Waals surface area contributed by atoms with Crippen LogP contribution in [0.3, 0.4) is 0 Å². The summed E-state index contributed by atoms with van der Waals surface area (Å²) in [7, 11) is 0. The lowest BCUT2D eigenvalue weighted by Gasteiger charge is -1.99. The molecule has 0 aromatic heterocycles. The topological polar surface area (TPSA) is 17.1 Å². The molecule has 0 unspecified atom stereocenters. The van der Waals surface area contributed by atoms with Gasteiger partial charge < -0.3 is 0 Å². The van der Waals surface area contributed by atoms with E-state index in [0.29, 0.717) is 10.0 Å². The van der Waals surface area contributed by atoms with Crippen LogP contribution >= 0.6 is 23.2 Å². The molecule has 0 bridgehead atoms. The van der Waals surface area contributed by atoms with Crippen molar-refractivity contribution < 1.29 is 9.18 Å². The molecule has 0 saturated heterocycles. The number of rotatable bonds is 3. The van der Waals surface area contributed by atoms with Crippen molar-refractivity contribution in [2.24, 2.45) is 0 Å². The third kappa shape index (κ3) is 3.43. The summed E-state index contributed by atoms with van der Waals surface area (Å²) in [6.45, 7) is 0. The Morgan fingerprint density at radius 3 is 2.47 bits per heavy atom. The number of halogens is 3. The van der Waals surface area contributed by atoms with Gasteiger partial charge in [-0.2, -0.15) is 0 Å². The van der Waals surface area contributed by atoms with Gasteiger partial charge in [0.1, 0.15) is 5.82 Å². The minimum Gasteiger partial charge on any atom is -0.289 e. The number of ketones is 1. The molecule has 0 saturated carbocycles. The van der Waals surface area contributed by atoms with E-state index in [9.17, 15) is 9.18 Å². The van der Waals surface area contributed by atoms with Crippen molar-refractivity contribution in [1.29, 1.82) is 0 Å². The Kier molecular flexibility index (Phi) is 4.35. The molecule has 2 rings (SSSR count). The molecule has 0 atom stereocenters. The summed E-state index contributed by atoms with van der Waals surface area (Å²) in [5, 5.41) is 0.849. The molecular formula is C15H9Cl2FO. The van der Waals surface area contributed by atoms with Crippen molar-refractivity contribution in [3.05, 3.63) is 75.5 Å². The van der Waals surface area contributed by atoms with E-state index in [2.05, 4.69) is 0 Å². The lowest BCUT2D eigenvalue weighted by molar-refractivity contribution is 0.104. The fraction of sp³-hybridized carbons (Fsp3) is 0. The summed E-state index contributed by atoms with van der Waals surface area (Å²) in [5.74, 6) is -0.935. The van der Waals surface area contributed by atoms with E-state index in [1.807, 2.05) is 0 Å². The van der Waals surface area contributed by atoms with Gasteiger partial charge in [-0.05, 0) is 35.9 Å². The molecule has 96 valence electrons. The van der Waals surface area contributed by atoms with Crippen LogP contribution in [0.1, 0.15) is 15.9 Å². The summed E-state index contributed by atoms with van der Waals surface area (Å²) >= 11 is 11.6. The zero-order valence-corrected chi connectivity index (χ0v) is 11.3. The number of hydrogen-bond donors (Lipinski definition) is 0. The molecule has 1 nitrogen and oxygen atoms in total. The summed E-state index contributed by atoms with van der Waals surface area (Å²) in [6.07, 6.45) is 2.87. The van der Waals surface area contributed by atoms with E-state index in [1.54, 1.807) is 30.3 Å². The van der Waals surface area contributed by atoms with Crippen LogP contribution in [-0.2, 0) is 0 Å². The van der Waals surface area contributed by atoms with Gasteiger partial charge in [-0.25, -0.2) is 4.39 Å². The van der Waals surface area contributed by atoms with Crippen molar-refractivity contribution in [3.63, 3.8) is 0 Å². The van der Waals surface area contributed by atoms with E-state index in [-0.39, 0.29) is 5.56 Å². The van der Waals surface area contributed by atoms with Gasteiger partial charge in [-0.1, -0.05) is 47.5 Å². The van der Waals surface area contributed by atoms with Crippen molar-refractivity contribution >= 4 is 35.1 Å². The fourth-order valence-corrected chi connectivity index (χ4v) is 1.85. The largest absolute Gasteiger partial charge is 0.289 e. The number of allylic oxidation sites excluding steroid dienone is 1. The maximum atomic E-state index is 13.4. The average Bonchev–Trinajstić information content (AvgIpc) is 2.40. The first-order valence-electron chi connectivity index (χ1n) is 5.50. The Hall–Kier alpha value is -1.64. The molecule has 0 aliphatic carbocycles. The van der Waals surface area contributed by atoms with E-state index in [0.717, 1.165) is 5.56 Å². The van der Waals surface area contributed by atoms with Crippen LogP contribution in [0.2, 0.25) is 10.0 Å². The van der Waals surface area contributed by atoms with Crippen LogP contribution in [-0.4, -0.2) is 5.78 Å². The van der Waals surface area contributed by atoms with E-state index in [1.165, 1.54) is 24.3 Å². The first-order chi connectivity index (χ1) is 9.08. The summed E-state index contributed by atoms with van der Waals surface area (Å²) < 4.78 is 13.4. The molecule has 0 aliphatic rings. The Bertz CT molecular complexity index is 650. The maximum absolute atomic E-state index is 13.4. The van der Waals surface area contributed by atoms with Crippen LogP contribution < -0.4 is 0 Å². The zero-order chi connectivity index (χ0) is 13.8. The SMILES string of the molecule is O=C(C=Cc1ccc(Cl)c(Cl)c1)c1ccccc1F. The van der Waals surface area contributed by atoms with Gasteiger partial charge in [-0.15, -0.1) is 0 Å². The lowest BCUT2D eigenvalue weighted by Crippen LogP contribution is -1.97. The number of carbonyl (C=O) groups is 1.